The molecule has 0 amide bonds. The molecule has 5 nitrogen and oxygen atoms in total. The minimum absolute atomic E-state index is 0.143. The van der Waals surface area contributed by atoms with Crippen molar-refractivity contribution in [2.24, 2.45) is 0 Å². The van der Waals surface area contributed by atoms with Gasteiger partial charge in [-0.3, -0.25) is 4.79 Å². The zero-order chi connectivity index (χ0) is 14.8. The zero-order valence-electron chi connectivity index (χ0n) is 12.3. The standard InChI is InChI=1S/C16H19N3O2/c1-10(2)16-18-13(20)9-14(19-16)21-12-7-3-5-11-6-4-8-17-15(11)12/h3,5,7,9-10,17H,4,6,8H2,1-2H3,(H,18,19,20). The summed E-state index contributed by atoms with van der Waals surface area (Å²) in [7, 11) is 0. The summed E-state index contributed by atoms with van der Waals surface area (Å²) in [5, 5.41) is 3.36. The van der Waals surface area contributed by atoms with Gasteiger partial charge in [0.2, 0.25) is 5.88 Å². The summed E-state index contributed by atoms with van der Waals surface area (Å²) in [6.45, 7) is 4.90. The molecule has 1 aliphatic heterocycles. The lowest BCUT2D eigenvalue weighted by Gasteiger charge is -2.20. The first-order valence-electron chi connectivity index (χ1n) is 7.28. The van der Waals surface area contributed by atoms with E-state index in [1.165, 1.54) is 11.6 Å². The second-order valence-corrected chi connectivity index (χ2v) is 5.55. The van der Waals surface area contributed by atoms with Crippen molar-refractivity contribution in [3.63, 3.8) is 0 Å². The Morgan fingerprint density at radius 1 is 1.33 bits per heavy atom. The number of nitrogens with zero attached hydrogens (tertiary/aromatic N) is 1. The number of para-hydroxylation sites is 1. The van der Waals surface area contributed by atoms with Crippen molar-refractivity contribution in [2.75, 3.05) is 11.9 Å². The van der Waals surface area contributed by atoms with Crippen molar-refractivity contribution < 1.29 is 4.74 Å². The summed E-state index contributed by atoms with van der Waals surface area (Å²) >= 11 is 0. The summed E-state index contributed by atoms with van der Waals surface area (Å²) in [4.78, 5) is 18.8. The lowest BCUT2D eigenvalue weighted by molar-refractivity contribution is 0.456. The molecule has 0 unspecified atom stereocenters. The van der Waals surface area contributed by atoms with Crippen LogP contribution < -0.4 is 15.6 Å². The minimum Gasteiger partial charge on any atom is -0.437 e. The van der Waals surface area contributed by atoms with Crippen LogP contribution in [0.3, 0.4) is 0 Å². The zero-order valence-corrected chi connectivity index (χ0v) is 12.3. The van der Waals surface area contributed by atoms with E-state index in [0.29, 0.717) is 11.7 Å². The maximum absolute atomic E-state index is 11.7. The van der Waals surface area contributed by atoms with Crippen LogP contribution in [0, 0.1) is 0 Å². The Morgan fingerprint density at radius 2 is 2.19 bits per heavy atom. The summed E-state index contributed by atoms with van der Waals surface area (Å²) in [6, 6.07) is 7.35. The van der Waals surface area contributed by atoms with Gasteiger partial charge in [-0.2, -0.15) is 4.98 Å². The average Bonchev–Trinajstić information content (AvgIpc) is 2.47. The molecule has 0 saturated heterocycles. The normalized spacial score (nSPS) is 13.7. The van der Waals surface area contributed by atoms with Crippen molar-refractivity contribution in [2.45, 2.75) is 32.6 Å². The minimum atomic E-state index is -0.193. The van der Waals surface area contributed by atoms with Crippen LogP contribution in [0.2, 0.25) is 0 Å². The van der Waals surface area contributed by atoms with Gasteiger partial charge < -0.3 is 15.0 Å². The second kappa shape index (κ2) is 5.60. The molecule has 0 radical (unpaired) electrons. The number of aryl methyl sites for hydroxylation is 1. The molecule has 2 aromatic rings. The number of anilines is 1. The van der Waals surface area contributed by atoms with Gasteiger partial charge in [-0.25, -0.2) is 0 Å². The van der Waals surface area contributed by atoms with E-state index in [4.69, 9.17) is 4.74 Å². The number of ether oxygens (including phenoxy) is 1. The lowest BCUT2D eigenvalue weighted by atomic mass is 10.0. The maximum atomic E-state index is 11.7. The first kappa shape index (κ1) is 13.7. The summed E-state index contributed by atoms with van der Waals surface area (Å²) in [5.74, 6) is 1.84. The van der Waals surface area contributed by atoms with E-state index in [0.717, 1.165) is 30.8 Å². The third kappa shape index (κ3) is 2.91. The average molecular weight is 285 g/mol. The fraction of sp³-hybridized carbons (Fsp3) is 0.375. The SMILES string of the molecule is CC(C)c1nc(Oc2cccc3c2NCCC3)cc(=O)[nH]1. The Labute approximate surface area is 123 Å². The third-order valence-corrected chi connectivity index (χ3v) is 3.54. The first-order valence-corrected chi connectivity index (χ1v) is 7.28. The molecule has 0 spiro atoms. The van der Waals surface area contributed by atoms with Crippen LogP contribution in [0.1, 0.15) is 37.6 Å². The quantitative estimate of drug-likeness (QED) is 0.909. The van der Waals surface area contributed by atoms with Crippen LogP contribution in [-0.2, 0) is 6.42 Å². The highest BCUT2D eigenvalue weighted by atomic mass is 16.5. The van der Waals surface area contributed by atoms with E-state index in [2.05, 4.69) is 21.4 Å². The first-order chi connectivity index (χ1) is 10.1. The summed E-state index contributed by atoms with van der Waals surface area (Å²) in [5.41, 5.74) is 2.06. The van der Waals surface area contributed by atoms with Crippen LogP contribution in [0.4, 0.5) is 5.69 Å². The van der Waals surface area contributed by atoms with Gasteiger partial charge in [0.1, 0.15) is 5.82 Å². The number of nitrogens with one attached hydrogen (secondary N) is 2. The van der Waals surface area contributed by atoms with Gasteiger partial charge in [-0.15, -0.1) is 0 Å². The van der Waals surface area contributed by atoms with Crippen molar-refractivity contribution >= 4 is 5.69 Å². The van der Waals surface area contributed by atoms with E-state index in [1.54, 1.807) is 0 Å². The van der Waals surface area contributed by atoms with Gasteiger partial charge >= 0.3 is 0 Å². The third-order valence-electron chi connectivity index (χ3n) is 3.54. The molecule has 1 aliphatic rings. The largest absolute Gasteiger partial charge is 0.437 e. The molecular weight excluding hydrogens is 266 g/mol. The monoisotopic (exact) mass is 285 g/mol. The molecule has 1 aromatic heterocycles. The molecule has 2 heterocycles. The van der Waals surface area contributed by atoms with Crippen LogP contribution in [0.25, 0.3) is 0 Å². The predicted molar refractivity (Wildman–Crippen MR) is 82.3 cm³/mol. The number of rotatable bonds is 3. The molecule has 5 heteroatoms. The number of fused-ring (bicyclic) bond motifs is 1. The molecule has 0 atom stereocenters. The molecule has 3 rings (SSSR count). The smallest absolute Gasteiger partial charge is 0.254 e. The Morgan fingerprint density at radius 3 is 3.00 bits per heavy atom. The van der Waals surface area contributed by atoms with Gasteiger partial charge in [0, 0.05) is 12.5 Å². The van der Waals surface area contributed by atoms with Gasteiger partial charge in [0.15, 0.2) is 5.75 Å². The van der Waals surface area contributed by atoms with Gasteiger partial charge in [-0.1, -0.05) is 26.0 Å². The predicted octanol–water partition coefficient (Wildman–Crippen LogP) is 3.04. The second-order valence-electron chi connectivity index (χ2n) is 5.55. The molecule has 0 fully saturated rings. The highest BCUT2D eigenvalue weighted by Gasteiger charge is 2.15. The lowest BCUT2D eigenvalue weighted by Crippen LogP contribution is -2.14. The van der Waals surface area contributed by atoms with Gasteiger partial charge in [0.05, 0.1) is 11.8 Å². The number of benzene rings is 1. The molecule has 110 valence electrons. The maximum Gasteiger partial charge on any atom is 0.254 e. The van der Waals surface area contributed by atoms with Crippen molar-refractivity contribution in [3.05, 3.63) is 46.0 Å². The topological polar surface area (TPSA) is 67.0 Å². The van der Waals surface area contributed by atoms with Crippen LogP contribution in [0.5, 0.6) is 11.6 Å². The van der Waals surface area contributed by atoms with E-state index in [1.807, 2.05) is 26.0 Å². The van der Waals surface area contributed by atoms with E-state index in [9.17, 15) is 4.79 Å². The molecule has 0 saturated carbocycles. The Kier molecular flexibility index (Phi) is 3.64. The van der Waals surface area contributed by atoms with E-state index in [-0.39, 0.29) is 11.5 Å². The van der Waals surface area contributed by atoms with Gasteiger partial charge in [-0.05, 0) is 24.5 Å². The molecule has 0 bridgehead atoms. The number of hydrogen-bond donors (Lipinski definition) is 2. The van der Waals surface area contributed by atoms with Crippen LogP contribution >= 0.6 is 0 Å². The van der Waals surface area contributed by atoms with Crippen molar-refractivity contribution in [1.29, 1.82) is 0 Å². The number of aromatic amines is 1. The summed E-state index contributed by atoms with van der Waals surface area (Å²) in [6.07, 6.45) is 2.16. The Balaban J connectivity index is 1.96. The highest BCUT2D eigenvalue weighted by molar-refractivity contribution is 5.64. The Hall–Kier alpha value is -2.30. The van der Waals surface area contributed by atoms with Crippen molar-refractivity contribution in [3.8, 4) is 11.6 Å². The highest BCUT2D eigenvalue weighted by Crippen LogP contribution is 2.34. The fourth-order valence-corrected chi connectivity index (χ4v) is 2.45. The van der Waals surface area contributed by atoms with Crippen LogP contribution in [0.15, 0.2) is 29.1 Å². The fourth-order valence-electron chi connectivity index (χ4n) is 2.45. The van der Waals surface area contributed by atoms with Crippen LogP contribution in [-0.4, -0.2) is 16.5 Å². The molecule has 21 heavy (non-hydrogen) atoms. The molecule has 0 aliphatic carbocycles. The van der Waals surface area contributed by atoms with E-state index < -0.39 is 0 Å². The van der Waals surface area contributed by atoms with Crippen molar-refractivity contribution in [1.82, 2.24) is 9.97 Å². The molecular formula is C16H19N3O2. The van der Waals surface area contributed by atoms with E-state index >= 15 is 0 Å². The number of H-pyrrole nitrogens is 1. The summed E-state index contributed by atoms with van der Waals surface area (Å²) < 4.78 is 5.85. The number of aromatic nitrogens is 2. The number of hydrogen-bond acceptors (Lipinski definition) is 4. The molecule has 1 aromatic carbocycles. The molecule has 2 N–H and O–H groups in total. The van der Waals surface area contributed by atoms with Gasteiger partial charge in [0.25, 0.3) is 5.56 Å². The Bertz CT molecular complexity index is 707.